The predicted octanol–water partition coefficient (Wildman–Crippen LogP) is 2.42. The lowest BCUT2D eigenvalue weighted by molar-refractivity contribution is 0.0958. The smallest absolute Gasteiger partial charge is 0.253 e. The van der Waals surface area contributed by atoms with Gasteiger partial charge in [-0.3, -0.25) is 4.79 Å². The van der Waals surface area contributed by atoms with Crippen molar-refractivity contribution in [3.8, 4) is 12.3 Å². The van der Waals surface area contributed by atoms with E-state index in [4.69, 9.17) is 6.42 Å². The molecular weight excluding hydrogens is 357 g/mol. The minimum atomic E-state index is -0.159. The number of carbonyl (C=O) groups is 1. The summed E-state index contributed by atoms with van der Waals surface area (Å²) in [5, 5.41) is 2.61. The fourth-order valence-electron chi connectivity index (χ4n) is 0.898. The van der Waals surface area contributed by atoms with Crippen LogP contribution in [0.1, 0.15) is 10.4 Å². The molecule has 14 heavy (non-hydrogen) atoms. The Balaban J connectivity index is 2.90. The Hall–Kier alpha value is -0.540. The fraction of sp³-hybridized carbons (Fsp3) is 0.100. The maximum Gasteiger partial charge on any atom is 0.253 e. The second-order valence-electron chi connectivity index (χ2n) is 2.51. The second-order valence-corrected chi connectivity index (χ2v) is 4.61. The van der Waals surface area contributed by atoms with Gasteiger partial charge in [0.2, 0.25) is 0 Å². The lowest BCUT2D eigenvalue weighted by Gasteiger charge is -2.04. The van der Waals surface area contributed by atoms with Crippen molar-refractivity contribution >= 4 is 44.4 Å². The van der Waals surface area contributed by atoms with Crippen LogP contribution in [0.25, 0.3) is 0 Å². The van der Waals surface area contributed by atoms with Gasteiger partial charge in [-0.2, -0.15) is 0 Å². The summed E-state index contributed by atoms with van der Waals surface area (Å²) in [6.45, 7) is 0.247. The first-order valence-corrected chi connectivity index (χ1v) is 5.69. The molecule has 0 radical (unpaired) electrons. The number of terminal acetylenes is 1. The van der Waals surface area contributed by atoms with Gasteiger partial charge >= 0.3 is 0 Å². The van der Waals surface area contributed by atoms with E-state index in [2.05, 4.69) is 49.8 Å². The SMILES string of the molecule is C#CCNC(=O)c1cc(I)ccc1Br. The van der Waals surface area contributed by atoms with Crippen LogP contribution in [0.4, 0.5) is 0 Å². The molecule has 1 aromatic carbocycles. The predicted molar refractivity (Wildman–Crippen MR) is 68.0 cm³/mol. The number of hydrogen-bond acceptors (Lipinski definition) is 1. The summed E-state index contributed by atoms with van der Waals surface area (Å²) in [7, 11) is 0. The van der Waals surface area contributed by atoms with Crippen LogP contribution in [-0.2, 0) is 0 Å². The lowest BCUT2D eigenvalue weighted by Crippen LogP contribution is -2.23. The molecule has 0 unspecified atom stereocenters. The standard InChI is InChI=1S/C10H7BrINO/c1-2-5-13-10(14)8-6-7(12)3-4-9(8)11/h1,3-4,6H,5H2,(H,13,14). The topological polar surface area (TPSA) is 29.1 Å². The van der Waals surface area contributed by atoms with Crippen molar-refractivity contribution in [3.05, 3.63) is 31.8 Å². The van der Waals surface area contributed by atoms with Gasteiger partial charge in [0.15, 0.2) is 0 Å². The average molecular weight is 364 g/mol. The highest BCUT2D eigenvalue weighted by Gasteiger charge is 2.08. The summed E-state index contributed by atoms with van der Waals surface area (Å²) in [6.07, 6.45) is 5.04. The van der Waals surface area contributed by atoms with Crippen LogP contribution in [0.15, 0.2) is 22.7 Å². The van der Waals surface area contributed by atoms with Crippen molar-refractivity contribution in [1.29, 1.82) is 0 Å². The molecule has 0 aliphatic carbocycles. The molecule has 1 aromatic rings. The van der Waals surface area contributed by atoms with Crippen molar-refractivity contribution in [2.45, 2.75) is 0 Å². The molecule has 1 amide bonds. The molecule has 0 fully saturated rings. The van der Waals surface area contributed by atoms with Crippen LogP contribution in [0, 0.1) is 15.9 Å². The Morgan fingerprint density at radius 2 is 2.36 bits per heavy atom. The van der Waals surface area contributed by atoms with E-state index in [9.17, 15) is 4.79 Å². The Labute approximate surface area is 105 Å². The third kappa shape index (κ3) is 3.00. The summed E-state index contributed by atoms with van der Waals surface area (Å²) >= 11 is 5.46. The average Bonchev–Trinajstić information content (AvgIpc) is 2.18. The van der Waals surface area contributed by atoms with E-state index in [0.717, 1.165) is 8.04 Å². The molecule has 0 aromatic heterocycles. The van der Waals surface area contributed by atoms with Gasteiger partial charge in [0.05, 0.1) is 12.1 Å². The molecule has 0 aliphatic heterocycles. The Kier molecular flexibility index (Phi) is 4.42. The zero-order chi connectivity index (χ0) is 10.6. The fourth-order valence-corrected chi connectivity index (χ4v) is 1.82. The minimum absolute atomic E-state index is 0.159. The van der Waals surface area contributed by atoms with Crippen LogP contribution in [0.5, 0.6) is 0 Å². The summed E-state index contributed by atoms with van der Waals surface area (Å²) < 4.78 is 1.78. The molecule has 2 nitrogen and oxygen atoms in total. The van der Waals surface area contributed by atoms with Crippen molar-refractivity contribution in [1.82, 2.24) is 5.32 Å². The quantitative estimate of drug-likeness (QED) is 0.634. The number of nitrogens with one attached hydrogen (secondary N) is 1. The third-order valence-corrected chi connectivity index (χ3v) is 2.89. The van der Waals surface area contributed by atoms with Crippen LogP contribution < -0.4 is 5.32 Å². The number of carbonyl (C=O) groups excluding carboxylic acids is 1. The van der Waals surface area contributed by atoms with Crippen LogP contribution >= 0.6 is 38.5 Å². The van der Waals surface area contributed by atoms with Crippen molar-refractivity contribution in [2.75, 3.05) is 6.54 Å². The van der Waals surface area contributed by atoms with Gasteiger partial charge in [0, 0.05) is 8.04 Å². The number of benzene rings is 1. The lowest BCUT2D eigenvalue weighted by atomic mass is 10.2. The maximum atomic E-state index is 11.5. The summed E-state index contributed by atoms with van der Waals surface area (Å²) in [5.74, 6) is 2.19. The van der Waals surface area contributed by atoms with E-state index in [-0.39, 0.29) is 12.5 Å². The molecule has 1 rings (SSSR count). The molecule has 0 saturated heterocycles. The van der Waals surface area contributed by atoms with Crippen molar-refractivity contribution in [2.24, 2.45) is 0 Å². The molecule has 0 saturated carbocycles. The van der Waals surface area contributed by atoms with Crippen LogP contribution in [0.3, 0.4) is 0 Å². The minimum Gasteiger partial charge on any atom is -0.341 e. The molecule has 0 heterocycles. The summed E-state index contributed by atoms with van der Waals surface area (Å²) in [5.41, 5.74) is 0.604. The first-order valence-electron chi connectivity index (χ1n) is 3.82. The maximum absolute atomic E-state index is 11.5. The van der Waals surface area contributed by atoms with Crippen molar-refractivity contribution < 1.29 is 4.79 Å². The number of amides is 1. The zero-order valence-corrected chi connectivity index (χ0v) is 10.9. The molecule has 0 aliphatic rings. The highest BCUT2D eigenvalue weighted by Crippen LogP contribution is 2.19. The van der Waals surface area contributed by atoms with Gasteiger partial charge in [0.1, 0.15) is 0 Å². The number of hydrogen-bond donors (Lipinski definition) is 1. The summed E-state index contributed by atoms with van der Waals surface area (Å²) in [6, 6.07) is 5.56. The highest BCUT2D eigenvalue weighted by atomic mass is 127. The molecule has 1 N–H and O–H groups in total. The normalized spacial score (nSPS) is 9.21. The molecule has 0 spiro atoms. The Morgan fingerprint density at radius 1 is 1.64 bits per heavy atom. The molecule has 0 atom stereocenters. The van der Waals surface area contributed by atoms with Crippen molar-refractivity contribution in [3.63, 3.8) is 0 Å². The second kappa shape index (κ2) is 5.37. The first kappa shape index (κ1) is 11.5. The van der Waals surface area contributed by atoms with Gasteiger partial charge in [-0.15, -0.1) is 6.42 Å². The Bertz CT molecular complexity index is 398. The van der Waals surface area contributed by atoms with E-state index in [1.807, 2.05) is 12.1 Å². The molecule has 4 heteroatoms. The highest BCUT2D eigenvalue weighted by molar-refractivity contribution is 14.1. The van der Waals surface area contributed by atoms with Gasteiger partial charge < -0.3 is 5.32 Å². The van der Waals surface area contributed by atoms with Gasteiger partial charge in [-0.05, 0) is 56.7 Å². The number of rotatable bonds is 2. The van der Waals surface area contributed by atoms with E-state index in [1.54, 1.807) is 6.07 Å². The summed E-state index contributed by atoms with van der Waals surface area (Å²) in [4.78, 5) is 11.5. The molecular formula is C10H7BrINO. The van der Waals surface area contributed by atoms with Gasteiger partial charge in [-0.25, -0.2) is 0 Å². The molecule has 72 valence electrons. The largest absolute Gasteiger partial charge is 0.341 e. The van der Waals surface area contributed by atoms with Crippen LogP contribution in [0.2, 0.25) is 0 Å². The van der Waals surface area contributed by atoms with E-state index in [0.29, 0.717) is 5.56 Å². The van der Waals surface area contributed by atoms with E-state index < -0.39 is 0 Å². The Morgan fingerprint density at radius 3 is 3.00 bits per heavy atom. The van der Waals surface area contributed by atoms with E-state index >= 15 is 0 Å². The monoisotopic (exact) mass is 363 g/mol. The third-order valence-electron chi connectivity index (χ3n) is 1.52. The van der Waals surface area contributed by atoms with Gasteiger partial charge in [0.25, 0.3) is 5.91 Å². The molecule has 0 bridgehead atoms. The zero-order valence-electron chi connectivity index (χ0n) is 7.18. The van der Waals surface area contributed by atoms with Crippen LogP contribution in [-0.4, -0.2) is 12.5 Å². The first-order chi connectivity index (χ1) is 6.65. The van der Waals surface area contributed by atoms with E-state index in [1.165, 1.54) is 0 Å². The number of halogens is 2. The van der Waals surface area contributed by atoms with Gasteiger partial charge in [-0.1, -0.05) is 5.92 Å².